The first kappa shape index (κ1) is 18.4. The maximum atomic E-state index is 13.6. The predicted octanol–water partition coefficient (Wildman–Crippen LogP) is 4.93. The second-order valence-corrected chi connectivity index (χ2v) is 7.64. The maximum absolute atomic E-state index is 13.6. The van der Waals surface area contributed by atoms with E-state index >= 15 is 0 Å². The molecule has 1 aliphatic carbocycles. The molecule has 1 amide bonds. The minimum absolute atomic E-state index is 0.0613. The van der Waals surface area contributed by atoms with Gasteiger partial charge in [-0.25, -0.2) is 0 Å². The number of halogens is 1. The Hall–Kier alpha value is -2.38. The molecule has 5 heteroatoms. The van der Waals surface area contributed by atoms with Gasteiger partial charge in [0.05, 0.1) is 21.7 Å². The largest absolute Gasteiger partial charge is 0.300 e. The van der Waals surface area contributed by atoms with Crippen molar-refractivity contribution in [3.63, 3.8) is 0 Å². The van der Waals surface area contributed by atoms with Gasteiger partial charge in [-0.05, 0) is 51.3 Å². The molecule has 0 N–H and O–H groups in total. The van der Waals surface area contributed by atoms with Crippen molar-refractivity contribution in [2.75, 3.05) is 4.90 Å². The molecule has 0 atom stereocenters. The smallest absolute Gasteiger partial charge is 0.242 e. The predicted molar refractivity (Wildman–Crippen MR) is 102 cm³/mol. The van der Waals surface area contributed by atoms with Crippen LogP contribution in [0.1, 0.15) is 52.0 Å². The van der Waals surface area contributed by atoms with Gasteiger partial charge >= 0.3 is 0 Å². The highest BCUT2D eigenvalue weighted by atomic mass is 35.5. The highest BCUT2D eigenvalue weighted by molar-refractivity contribution is 6.32. The SMILES string of the molecule is CC(C)=CC1=C(C)N(c2cccc(Cl)c2C#N)C(=O)C12CCC(=O)CC2. The van der Waals surface area contributed by atoms with Gasteiger partial charge in [0.2, 0.25) is 5.91 Å². The van der Waals surface area contributed by atoms with E-state index in [0.717, 1.165) is 16.8 Å². The average molecular weight is 369 g/mol. The van der Waals surface area contributed by atoms with Crippen molar-refractivity contribution in [1.29, 1.82) is 5.26 Å². The highest BCUT2D eigenvalue weighted by Crippen LogP contribution is 2.52. The molecule has 1 spiro atoms. The van der Waals surface area contributed by atoms with Crippen molar-refractivity contribution in [3.05, 3.63) is 51.7 Å². The van der Waals surface area contributed by atoms with Crippen LogP contribution in [0.25, 0.3) is 0 Å². The molecule has 1 aliphatic heterocycles. The van der Waals surface area contributed by atoms with E-state index in [2.05, 4.69) is 6.07 Å². The molecule has 4 nitrogen and oxygen atoms in total. The summed E-state index contributed by atoms with van der Waals surface area (Å²) in [5, 5.41) is 9.86. The number of nitriles is 1. The van der Waals surface area contributed by atoms with E-state index in [1.807, 2.05) is 26.8 Å². The molecule has 134 valence electrons. The third-order valence-electron chi connectivity index (χ3n) is 5.29. The number of carbonyl (C=O) groups is 2. The van der Waals surface area contributed by atoms with Crippen LogP contribution in [0.3, 0.4) is 0 Å². The number of Topliss-reactive ketones (excluding diaryl/α,β-unsaturated/α-hetero) is 1. The summed E-state index contributed by atoms with van der Waals surface area (Å²) in [5.74, 6) is 0.144. The topological polar surface area (TPSA) is 61.2 Å². The first-order valence-corrected chi connectivity index (χ1v) is 9.11. The molecule has 2 aliphatic rings. The lowest BCUT2D eigenvalue weighted by Gasteiger charge is -2.33. The minimum Gasteiger partial charge on any atom is -0.300 e. The molecule has 0 saturated heterocycles. The second-order valence-electron chi connectivity index (χ2n) is 7.23. The van der Waals surface area contributed by atoms with Crippen LogP contribution < -0.4 is 4.90 Å². The number of benzene rings is 1. The molecule has 0 aromatic heterocycles. The van der Waals surface area contributed by atoms with Crippen LogP contribution in [-0.2, 0) is 9.59 Å². The zero-order valence-electron chi connectivity index (χ0n) is 15.2. The third kappa shape index (κ3) is 2.77. The molecule has 1 aromatic carbocycles. The van der Waals surface area contributed by atoms with Crippen LogP contribution in [0.2, 0.25) is 5.02 Å². The van der Waals surface area contributed by atoms with E-state index in [9.17, 15) is 14.9 Å². The summed E-state index contributed by atoms with van der Waals surface area (Å²) in [5.41, 5.74) is 2.97. The monoisotopic (exact) mass is 368 g/mol. The van der Waals surface area contributed by atoms with Crippen LogP contribution in [0.4, 0.5) is 5.69 Å². The Morgan fingerprint density at radius 1 is 1.27 bits per heavy atom. The van der Waals surface area contributed by atoms with Crippen molar-refractivity contribution in [2.45, 2.75) is 46.5 Å². The fraction of sp³-hybridized carbons (Fsp3) is 0.381. The summed E-state index contributed by atoms with van der Waals surface area (Å²) >= 11 is 6.19. The summed E-state index contributed by atoms with van der Waals surface area (Å²) < 4.78 is 0. The Morgan fingerprint density at radius 3 is 2.50 bits per heavy atom. The summed E-state index contributed by atoms with van der Waals surface area (Å²) in [6, 6.07) is 7.26. The molecule has 3 rings (SSSR count). The molecule has 26 heavy (non-hydrogen) atoms. The lowest BCUT2D eigenvalue weighted by Crippen LogP contribution is -2.40. The van der Waals surface area contributed by atoms with Gasteiger partial charge in [0.25, 0.3) is 0 Å². The van der Waals surface area contributed by atoms with E-state index < -0.39 is 5.41 Å². The summed E-state index contributed by atoms with van der Waals surface area (Å²) in [6.45, 7) is 5.89. The molecule has 1 saturated carbocycles. The molecule has 1 fully saturated rings. The van der Waals surface area contributed by atoms with Crippen molar-refractivity contribution in [2.24, 2.45) is 5.41 Å². The number of hydrogen-bond donors (Lipinski definition) is 0. The Kier molecular flexibility index (Phi) is 4.77. The number of carbonyl (C=O) groups excluding carboxylic acids is 2. The van der Waals surface area contributed by atoms with Crippen molar-refractivity contribution in [3.8, 4) is 6.07 Å². The van der Waals surface area contributed by atoms with Crippen molar-refractivity contribution in [1.82, 2.24) is 0 Å². The number of allylic oxidation sites excluding steroid dienone is 3. The Labute approximate surface area is 158 Å². The average Bonchev–Trinajstić information content (AvgIpc) is 2.78. The third-order valence-corrected chi connectivity index (χ3v) is 5.61. The number of anilines is 1. The fourth-order valence-electron chi connectivity index (χ4n) is 4.02. The lowest BCUT2D eigenvalue weighted by atomic mass is 9.69. The Morgan fingerprint density at radius 2 is 1.92 bits per heavy atom. The zero-order valence-corrected chi connectivity index (χ0v) is 16.0. The molecule has 1 heterocycles. The molecule has 0 radical (unpaired) electrons. The molecular formula is C21H21ClN2O2. The second kappa shape index (κ2) is 6.74. The normalized spacial score (nSPS) is 19.1. The number of amides is 1. The van der Waals surface area contributed by atoms with Crippen LogP contribution in [0, 0.1) is 16.7 Å². The van der Waals surface area contributed by atoms with E-state index in [0.29, 0.717) is 42.0 Å². The van der Waals surface area contributed by atoms with Gasteiger partial charge in [-0.15, -0.1) is 0 Å². The van der Waals surface area contributed by atoms with Crippen molar-refractivity contribution >= 4 is 29.0 Å². The lowest BCUT2D eigenvalue weighted by molar-refractivity contribution is -0.129. The number of ketones is 1. The van der Waals surface area contributed by atoms with Gasteiger partial charge in [0, 0.05) is 18.5 Å². The molecular weight excluding hydrogens is 348 g/mol. The summed E-state index contributed by atoms with van der Waals surface area (Å²) in [6.07, 6.45) is 3.89. The standard InChI is InChI=1S/C21H21ClN2O2/c1-13(2)11-17-14(3)24(19-6-4-5-18(22)16(19)12-23)20(26)21(17)9-7-15(25)8-10-21/h4-6,11H,7-10H2,1-3H3. The fourth-order valence-corrected chi connectivity index (χ4v) is 4.23. The molecule has 1 aromatic rings. The van der Waals surface area contributed by atoms with Crippen molar-refractivity contribution < 1.29 is 9.59 Å². The maximum Gasteiger partial charge on any atom is 0.242 e. The highest BCUT2D eigenvalue weighted by Gasteiger charge is 2.52. The van der Waals surface area contributed by atoms with Crippen LogP contribution >= 0.6 is 11.6 Å². The Balaban J connectivity index is 2.21. The minimum atomic E-state index is -0.690. The first-order valence-electron chi connectivity index (χ1n) is 8.73. The summed E-state index contributed by atoms with van der Waals surface area (Å²) in [7, 11) is 0. The van der Waals surface area contributed by atoms with Gasteiger partial charge < -0.3 is 0 Å². The van der Waals surface area contributed by atoms with Crippen LogP contribution in [0.5, 0.6) is 0 Å². The van der Waals surface area contributed by atoms with Gasteiger partial charge in [0.15, 0.2) is 0 Å². The number of hydrogen-bond acceptors (Lipinski definition) is 3. The molecule has 0 unspecified atom stereocenters. The van der Waals surface area contributed by atoms with Gasteiger partial charge in [-0.2, -0.15) is 5.26 Å². The van der Waals surface area contributed by atoms with E-state index in [-0.39, 0.29) is 11.7 Å². The van der Waals surface area contributed by atoms with Crippen LogP contribution in [0.15, 0.2) is 41.1 Å². The van der Waals surface area contributed by atoms with E-state index in [1.54, 1.807) is 23.1 Å². The Bertz CT molecular complexity index is 891. The van der Waals surface area contributed by atoms with Gasteiger partial charge in [0.1, 0.15) is 11.9 Å². The number of rotatable bonds is 2. The van der Waals surface area contributed by atoms with E-state index in [4.69, 9.17) is 11.6 Å². The first-order chi connectivity index (χ1) is 12.3. The van der Waals surface area contributed by atoms with E-state index in [1.165, 1.54) is 0 Å². The number of nitrogens with zero attached hydrogens (tertiary/aromatic N) is 2. The van der Waals surface area contributed by atoms with Gasteiger partial charge in [-0.3, -0.25) is 14.5 Å². The van der Waals surface area contributed by atoms with Crippen LogP contribution in [-0.4, -0.2) is 11.7 Å². The molecule has 0 bridgehead atoms. The quantitative estimate of drug-likeness (QED) is 0.743. The summed E-state index contributed by atoms with van der Waals surface area (Å²) in [4.78, 5) is 27.0. The zero-order chi connectivity index (χ0) is 19.1. The van der Waals surface area contributed by atoms with Gasteiger partial charge in [-0.1, -0.05) is 29.3 Å².